The van der Waals surface area contributed by atoms with Gasteiger partial charge in [0, 0.05) is 54.6 Å². The average Bonchev–Trinajstić information content (AvgIpc) is 3.51. The second kappa shape index (κ2) is 11.4. The number of methoxy groups -OCH3 is 1. The first-order valence-electron chi connectivity index (χ1n) is 11.8. The third-order valence-corrected chi connectivity index (χ3v) is 7.45. The number of rotatable bonds is 8. The Hall–Kier alpha value is -2.68. The minimum Gasteiger partial charge on any atom is -0.493 e. The van der Waals surface area contributed by atoms with Crippen molar-refractivity contribution >= 4 is 51.3 Å². The van der Waals surface area contributed by atoms with Crippen molar-refractivity contribution < 1.29 is 19.0 Å². The van der Waals surface area contributed by atoms with E-state index in [0.29, 0.717) is 25.5 Å². The Labute approximate surface area is 216 Å². The maximum absolute atomic E-state index is 11.9. The highest BCUT2D eigenvalue weighted by atomic mass is 35.5. The maximum Gasteiger partial charge on any atom is 0.414 e. The number of amides is 1. The lowest BCUT2D eigenvalue weighted by atomic mass is 10.1. The topological polar surface area (TPSA) is 54.5 Å². The Morgan fingerprint density at radius 1 is 1.09 bits per heavy atom. The van der Waals surface area contributed by atoms with Gasteiger partial charge in [-0.2, -0.15) is 0 Å². The molecule has 0 radical (unpaired) electrons. The molecule has 1 aromatic heterocycles. The van der Waals surface area contributed by atoms with Crippen molar-refractivity contribution in [3.63, 3.8) is 0 Å². The van der Waals surface area contributed by atoms with E-state index in [2.05, 4.69) is 39.4 Å². The summed E-state index contributed by atoms with van der Waals surface area (Å²) in [6, 6.07) is 12.6. The normalized spacial score (nSPS) is 16.3. The minimum atomic E-state index is -0.317. The maximum atomic E-state index is 11.9. The molecule has 2 aromatic carbocycles. The Bertz CT molecular complexity index is 1160. The van der Waals surface area contributed by atoms with Crippen molar-refractivity contribution in [3.05, 3.63) is 47.3 Å². The van der Waals surface area contributed by atoms with Gasteiger partial charge in [0.2, 0.25) is 0 Å². The molecule has 0 atom stereocenters. The summed E-state index contributed by atoms with van der Waals surface area (Å²) >= 11 is 1.81. The molecule has 35 heavy (non-hydrogen) atoms. The zero-order valence-corrected chi connectivity index (χ0v) is 21.8. The number of piperazine rings is 1. The number of carbonyl (C=O) groups excluding carboxylic acids is 1. The Morgan fingerprint density at radius 3 is 2.66 bits per heavy atom. The van der Waals surface area contributed by atoms with Crippen LogP contribution in [-0.2, 0) is 4.74 Å². The molecule has 1 amide bonds. The SMILES string of the molecule is COc1cc(N2CCOC2=O)cc(C)c1OCCCN1CCN(c2cccc3sccc23)CC1.Cl. The van der Waals surface area contributed by atoms with Gasteiger partial charge in [0.25, 0.3) is 0 Å². The van der Waals surface area contributed by atoms with Gasteiger partial charge in [-0.3, -0.25) is 9.80 Å². The molecule has 7 nitrogen and oxygen atoms in total. The second-order valence-electron chi connectivity index (χ2n) is 8.70. The third kappa shape index (κ3) is 5.44. The lowest BCUT2D eigenvalue weighted by Crippen LogP contribution is -2.46. The lowest BCUT2D eigenvalue weighted by Gasteiger charge is -2.36. The van der Waals surface area contributed by atoms with E-state index in [1.165, 1.54) is 15.8 Å². The summed E-state index contributed by atoms with van der Waals surface area (Å²) in [5.74, 6) is 1.39. The third-order valence-electron chi connectivity index (χ3n) is 6.57. The fourth-order valence-corrected chi connectivity index (χ4v) is 5.58. The summed E-state index contributed by atoms with van der Waals surface area (Å²) in [5, 5.41) is 3.54. The first-order chi connectivity index (χ1) is 16.6. The largest absolute Gasteiger partial charge is 0.493 e. The molecule has 0 aliphatic carbocycles. The summed E-state index contributed by atoms with van der Waals surface area (Å²) in [6.45, 7) is 8.79. The molecule has 5 rings (SSSR count). The first-order valence-corrected chi connectivity index (χ1v) is 12.7. The monoisotopic (exact) mass is 517 g/mol. The molecule has 0 N–H and O–H groups in total. The summed E-state index contributed by atoms with van der Waals surface area (Å²) < 4.78 is 18.1. The molecule has 0 saturated carbocycles. The molecule has 2 fully saturated rings. The van der Waals surface area contributed by atoms with Gasteiger partial charge in [-0.15, -0.1) is 23.7 Å². The van der Waals surface area contributed by atoms with Crippen molar-refractivity contribution in [2.75, 3.05) is 69.4 Å². The molecule has 3 aromatic rings. The van der Waals surface area contributed by atoms with Crippen molar-refractivity contribution in [1.29, 1.82) is 0 Å². The van der Waals surface area contributed by atoms with Crippen molar-refractivity contribution in [3.8, 4) is 11.5 Å². The molecule has 9 heteroatoms. The van der Waals surface area contributed by atoms with Crippen LogP contribution < -0.4 is 19.3 Å². The summed E-state index contributed by atoms with van der Waals surface area (Å²) in [4.78, 5) is 18.5. The fourth-order valence-electron chi connectivity index (χ4n) is 4.77. The van der Waals surface area contributed by atoms with Crippen molar-refractivity contribution in [2.24, 2.45) is 0 Å². The van der Waals surface area contributed by atoms with E-state index in [1.54, 1.807) is 23.3 Å². The highest BCUT2D eigenvalue weighted by Gasteiger charge is 2.25. The zero-order chi connectivity index (χ0) is 23.5. The van der Waals surface area contributed by atoms with Gasteiger partial charge in [0.1, 0.15) is 6.61 Å². The first kappa shape index (κ1) is 25.4. The molecule has 2 aliphatic rings. The van der Waals surface area contributed by atoms with E-state index in [0.717, 1.165) is 56.1 Å². The molecular weight excluding hydrogens is 486 g/mol. The number of cyclic esters (lactones) is 1. The fraction of sp³-hybridized carbons (Fsp3) is 0.423. The Balaban J connectivity index is 0.00000289. The molecule has 188 valence electrons. The Kier molecular flexibility index (Phi) is 8.26. The number of hydrogen-bond donors (Lipinski definition) is 0. The van der Waals surface area contributed by atoms with Crippen LogP contribution in [0.2, 0.25) is 0 Å². The number of carbonyl (C=O) groups is 1. The number of thiophene rings is 1. The summed E-state index contributed by atoms with van der Waals surface area (Å²) in [5.41, 5.74) is 3.08. The molecule has 2 saturated heterocycles. The van der Waals surface area contributed by atoms with Crippen LogP contribution in [0.5, 0.6) is 11.5 Å². The van der Waals surface area contributed by atoms with E-state index >= 15 is 0 Å². The number of benzene rings is 2. The molecular formula is C26H32ClN3O4S. The Morgan fingerprint density at radius 2 is 1.91 bits per heavy atom. The average molecular weight is 518 g/mol. The van der Waals surface area contributed by atoms with Gasteiger partial charge in [0.15, 0.2) is 11.5 Å². The van der Waals surface area contributed by atoms with Gasteiger partial charge < -0.3 is 19.1 Å². The smallest absolute Gasteiger partial charge is 0.414 e. The minimum absolute atomic E-state index is 0. The van der Waals surface area contributed by atoms with Crippen LogP contribution in [0.4, 0.5) is 16.2 Å². The van der Waals surface area contributed by atoms with Crippen LogP contribution in [0.15, 0.2) is 41.8 Å². The number of ether oxygens (including phenoxy) is 3. The van der Waals surface area contributed by atoms with Crippen LogP contribution in [0.1, 0.15) is 12.0 Å². The molecule has 3 heterocycles. The van der Waals surface area contributed by atoms with E-state index < -0.39 is 0 Å². The molecule has 0 bridgehead atoms. The van der Waals surface area contributed by atoms with Gasteiger partial charge in [-0.1, -0.05) is 6.07 Å². The van der Waals surface area contributed by atoms with Crippen LogP contribution in [0, 0.1) is 6.92 Å². The quantitative estimate of drug-likeness (QED) is 0.383. The van der Waals surface area contributed by atoms with Crippen LogP contribution in [-0.4, -0.2) is 70.6 Å². The number of fused-ring (bicyclic) bond motifs is 1. The number of aryl methyl sites for hydroxylation is 1. The molecule has 2 aliphatic heterocycles. The van der Waals surface area contributed by atoms with Crippen LogP contribution in [0.25, 0.3) is 10.1 Å². The van der Waals surface area contributed by atoms with Gasteiger partial charge in [-0.25, -0.2) is 4.79 Å². The molecule has 0 spiro atoms. The molecule has 0 unspecified atom stereocenters. The van der Waals surface area contributed by atoms with Crippen LogP contribution >= 0.6 is 23.7 Å². The van der Waals surface area contributed by atoms with Gasteiger partial charge >= 0.3 is 6.09 Å². The van der Waals surface area contributed by atoms with Crippen molar-refractivity contribution in [2.45, 2.75) is 13.3 Å². The van der Waals surface area contributed by atoms with Gasteiger partial charge in [-0.05, 0) is 48.6 Å². The number of anilines is 2. The van der Waals surface area contributed by atoms with Crippen molar-refractivity contribution in [1.82, 2.24) is 4.90 Å². The highest BCUT2D eigenvalue weighted by Crippen LogP contribution is 2.36. The van der Waals surface area contributed by atoms with E-state index in [9.17, 15) is 4.79 Å². The predicted octanol–water partition coefficient (Wildman–Crippen LogP) is 5.19. The number of nitrogens with zero attached hydrogens (tertiary/aromatic N) is 3. The van der Waals surface area contributed by atoms with Gasteiger partial charge in [0.05, 0.1) is 25.9 Å². The van der Waals surface area contributed by atoms with Crippen LogP contribution in [0.3, 0.4) is 0 Å². The summed E-state index contributed by atoms with van der Waals surface area (Å²) in [6.07, 6.45) is 0.630. The lowest BCUT2D eigenvalue weighted by molar-refractivity contribution is 0.181. The van der Waals surface area contributed by atoms with E-state index in [1.807, 2.05) is 19.1 Å². The van der Waals surface area contributed by atoms with E-state index in [-0.39, 0.29) is 18.5 Å². The number of hydrogen-bond acceptors (Lipinski definition) is 7. The van der Waals surface area contributed by atoms with E-state index in [4.69, 9.17) is 14.2 Å². The predicted molar refractivity (Wildman–Crippen MR) is 144 cm³/mol. The zero-order valence-electron chi connectivity index (χ0n) is 20.2. The number of halogens is 1. The standard InChI is InChI=1S/C26H31N3O4S.ClH/c1-19-17-20(29-13-15-33-26(29)30)18-23(31-2)25(19)32-14-4-8-27-9-11-28(12-10-27)22-5-3-6-24-21(22)7-16-34-24;/h3,5-7,16-18H,4,8-15H2,1-2H3;1H. The summed E-state index contributed by atoms with van der Waals surface area (Å²) in [7, 11) is 1.63. The second-order valence-corrected chi connectivity index (χ2v) is 9.65. The highest BCUT2D eigenvalue weighted by molar-refractivity contribution is 7.17.